The summed E-state index contributed by atoms with van der Waals surface area (Å²) in [6.45, 7) is 1.88. The molecule has 132 valence electrons. The van der Waals surface area contributed by atoms with Crippen molar-refractivity contribution in [2.24, 2.45) is 0 Å². The van der Waals surface area contributed by atoms with E-state index in [1.807, 2.05) is 0 Å². The number of allylic oxidation sites excluding steroid dienone is 1. The first-order valence-electron chi connectivity index (χ1n) is 8.71. The Labute approximate surface area is 143 Å². The van der Waals surface area contributed by atoms with Gasteiger partial charge in [0.15, 0.2) is 0 Å². The summed E-state index contributed by atoms with van der Waals surface area (Å²) in [6, 6.07) is 1.43. The van der Waals surface area contributed by atoms with Gasteiger partial charge in [0.2, 0.25) is 10.0 Å². The van der Waals surface area contributed by atoms with Crippen LogP contribution in [0.25, 0.3) is 0 Å². The van der Waals surface area contributed by atoms with Crippen molar-refractivity contribution in [3.8, 4) is 0 Å². The number of hydrogen-bond acceptors (Lipinski definition) is 3. The Bertz CT molecular complexity index is 715. The van der Waals surface area contributed by atoms with Gasteiger partial charge in [-0.15, -0.1) is 0 Å². The summed E-state index contributed by atoms with van der Waals surface area (Å²) in [7, 11) is -3.58. The molecule has 1 amide bonds. The average molecular weight is 351 g/mol. The van der Waals surface area contributed by atoms with Crippen LogP contribution < -0.4 is 4.72 Å². The molecule has 0 unspecified atom stereocenters. The highest BCUT2D eigenvalue weighted by atomic mass is 32.2. The highest BCUT2D eigenvalue weighted by Gasteiger charge is 2.23. The Kier molecular flexibility index (Phi) is 5.40. The van der Waals surface area contributed by atoms with Crippen molar-refractivity contribution in [3.05, 3.63) is 29.6 Å². The fourth-order valence-electron chi connectivity index (χ4n) is 3.30. The summed E-state index contributed by atoms with van der Waals surface area (Å²) in [5.41, 5.74) is 1.68. The minimum atomic E-state index is -3.58. The van der Waals surface area contributed by atoms with E-state index in [2.05, 4.69) is 15.8 Å². The first kappa shape index (κ1) is 17.2. The van der Waals surface area contributed by atoms with E-state index >= 15 is 0 Å². The number of aromatic amines is 1. The predicted molar refractivity (Wildman–Crippen MR) is 92.3 cm³/mol. The molecule has 1 aromatic rings. The first-order chi connectivity index (χ1) is 11.6. The van der Waals surface area contributed by atoms with Gasteiger partial charge in [0.25, 0.3) is 5.91 Å². The molecule has 0 radical (unpaired) electrons. The number of hydrogen-bond donors (Lipinski definition) is 2. The number of amides is 1. The first-order valence-corrected chi connectivity index (χ1v) is 10.2. The Balaban J connectivity index is 1.58. The third-order valence-electron chi connectivity index (χ3n) is 4.71. The van der Waals surface area contributed by atoms with Gasteiger partial charge in [-0.05, 0) is 51.0 Å². The molecule has 0 atom stereocenters. The van der Waals surface area contributed by atoms with Gasteiger partial charge in [-0.3, -0.25) is 4.79 Å². The molecular weight excluding hydrogens is 326 g/mol. The summed E-state index contributed by atoms with van der Waals surface area (Å²) in [4.78, 5) is 17.0. The lowest BCUT2D eigenvalue weighted by Gasteiger charge is -2.13. The quantitative estimate of drug-likeness (QED) is 0.772. The van der Waals surface area contributed by atoms with Crippen LogP contribution in [0, 0.1) is 0 Å². The third-order valence-corrected chi connectivity index (χ3v) is 6.15. The van der Waals surface area contributed by atoms with E-state index in [9.17, 15) is 13.2 Å². The molecule has 0 spiro atoms. The third kappa shape index (κ3) is 4.08. The van der Waals surface area contributed by atoms with Gasteiger partial charge >= 0.3 is 0 Å². The SMILES string of the molecule is O=C(c1cc(S(=O)(=O)NCCC2=CCCCC2)c[nH]1)N1CCCC1. The minimum absolute atomic E-state index is 0.124. The lowest BCUT2D eigenvalue weighted by atomic mass is 9.97. The minimum Gasteiger partial charge on any atom is -0.356 e. The largest absolute Gasteiger partial charge is 0.356 e. The Morgan fingerprint density at radius 3 is 2.71 bits per heavy atom. The van der Waals surface area contributed by atoms with Crippen LogP contribution in [0.2, 0.25) is 0 Å². The number of H-pyrrole nitrogens is 1. The average Bonchev–Trinajstić information content (AvgIpc) is 3.27. The van der Waals surface area contributed by atoms with Gasteiger partial charge in [-0.2, -0.15) is 0 Å². The molecule has 2 N–H and O–H groups in total. The molecule has 1 aliphatic carbocycles. The molecule has 1 fully saturated rings. The van der Waals surface area contributed by atoms with E-state index in [0.29, 0.717) is 12.2 Å². The maximum Gasteiger partial charge on any atom is 0.270 e. The Morgan fingerprint density at radius 1 is 1.21 bits per heavy atom. The molecule has 0 aromatic carbocycles. The summed E-state index contributed by atoms with van der Waals surface area (Å²) >= 11 is 0. The van der Waals surface area contributed by atoms with Crippen LogP contribution in [-0.2, 0) is 10.0 Å². The molecule has 3 rings (SSSR count). The van der Waals surface area contributed by atoms with Crippen molar-refractivity contribution >= 4 is 15.9 Å². The Hall–Kier alpha value is -1.60. The van der Waals surface area contributed by atoms with Crippen molar-refractivity contribution in [3.63, 3.8) is 0 Å². The normalized spacial score (nSPS) is 18.7. The van der Waals surface area contributed by atoms with Crippen molar-refractivity contribution in [2.75, 3.05) is 19.6 Å². The van der Waals surface area contributed by atoms with E-state index < -0.39 is 10.0 Å². The van der Waals surface area contributed by atoms with Crippen LogP contribution in [0.1, 0.15) is 55.4 Å². The van der Waals surface area contributed by atoms with E-state index in [1.165, 1.54) is 30.7 Å². The highest BCUT2D eigenvalue weighted by Crippen LogP contribution is 2.20. The second-order valence-corrected chi connectivity index (χ2v) is 8.27. The Morgan fingerprint density at radius 2 is 2.00 bits per heavy atom. The molecule has 7 heteroatoms. The van der Waals surface area contributed by atoms with Crippen LogP contribution in [0.4, 0.5) is 0 Å². The number of nitrogens with one attached hydrogen (secondary N) is 2. The van der Waals surface area contributed by atoms with Gasteiger partial charge in [0.1, 0.15) is 10.6 Å². The molecule has 6 nitrogen and oxygen atoms in total. The van der Waals surface area contributed by atoms with Gasteiger partial charge in [0, 0.05) is 25.8 Å². The fourth-order valence-corrected chi connectivity index (χ4v) is 4.33. The number of likely N-dealkylation sites (tertiary alicyclic amines) is 1. The second-order valence-electron chi connectivity index (χ2n) is 6.50. The van der Waals surface area contributed by atoms with Gasteiger partial charge in [0.05, 0.1) is 0 Å². The zero-order chi connectivity index (χ0) is 17.0. The highest BCUT2D eigenvalue weighted by molar-refractivity contribution is 7.89. The van der Waals surface area contributed by atoms with Crippen molar-refractivity contribution in [1.82, 2.24) is 14.6 Å². The number of rotatable bonds is 6. The molecule has 1 aliphatic heterocycles. The lowest BCUT2D eigenvalue weighted by Crippen LogP contribution is -2.28. The maximum atomic E-state index is 12.4. The predicted octanol–water partition coefficient (Wildman–Crippen LogP) is 2.42. The topological polar surface area (TPSA) is 82.3 Å². The monoisotopic (exact) mass is 351 g/mol. The number of sulfonamides is 1. The van der Waals surface area contributed by atoms with Gasteiger partial charge < -0.3 is 9.88 Å². The molecule has 24 heavy (non-hydrogen) atoms. The molecule has 2 heterocycles. The molecular formula is C17H25N3O3S. The molecule has 2 aliphatic rings. The molecule has 1 aromatic heterocycles. The number of nitrogens with zero attached hydrogens (tertiary/aromatic N) is 1. The summed E-state index contributed by atoms with van der Waals surface area (Å²) in [5, 5.41) is 0. The second kappa shape index (κ2) is 7.53. The number of carbonyl (C=O) groups is 1. The zero-order valence-electron chi connectivity index (χ0n) is 13.9. The van der Waals surface area contributed by atoms with Crippen LogP contribution in [0.5, 0.6) is 0 Å². The number of aromatic nitrogens is 1. The van der Waals surface area contributed by atoms with Crippen LogP contribution >= 0.6 is 0 Å². The van der Waals surface area contributed by atoms with Crippen LogP contribution in [0.3, 0.4) is 0 Å². The van der Waals surface area contributed by atoms with E-state index in [-0.39, 0.29) is 10.8 Å². The van der Waals surface area contributed by atoms with E-state index in [1.54, 1.807) is 4.90 Å². The van der Waals surface area contributed by atoms with Crippen LogP contribution in [-0.4, -0.2) is 43.8 Å². The maximum absolute atomic E-state index is 12.4. The molecule has 0 saturated carbocycles. The van der Waals surface area contributed by atoms with Crippen molar-refractivity contribution in [1.29, 1.82) is 0 Å². The molecule has 1 saturated heterocycles. The van der Waals surface area contributed by atoms with Gasteiger partial charge in [-0.25, -0.2) is 13.1 Å². The van der Waals surface area contributed by atoms with E-state index in [4.69, 9.17) is 0 Å². The lowest BCUT2D eigenvalue weighted by molar-refractivity contribution is 0.0787. The number of carbonyl (C=O) groups excluding carboxylic acids is 1. The summed E-state index contributed by atoms with van der Waals surface area (Å²) in [6.07, 6.45) is 11.0. The van der Waals surface area contributed by atoms with Crippen molar-refractivity contribution in [2.45, 2.75) is 49.8 Å². The smallest absolute Gasteiger partial charge is 0.270 e. The zero-order valence-corrected chi connectivity index (χ0v) is 14.7. The van der Waals surface area contributed by atoms with Crippen molar-refractivity contribution < 1.29 is 13.2 Å². The molecule has 0 bridgehead atoms. The van der Waals surface area contributed by atoms with Gasteiger partial charge in [-0.1, -0.05) is 11.6 Å². The summed E-state index contributed by atoms with van der Waals surface area (Å²) < 4.78 is 27.3. The standard InChI is InChI=1S/C17H25N3O3S/c21-17(20-10-4-5-11-20)16-12-15(13-18-16)24(22,23)19-9-8-14-6-2-1-3-7-14/h6,12-13,18-19H,1-5,7-11H2. The van der Waals surface area contributed by atoms with Crippen LogP contribution in [0.15, 0.2) is 28.8 Å². The fraction of sp³-hybridized carbons (Fsp3) is 0.588. The van der Waals surface area contributed by atoms with E-state index in [0.717, 1.165) is 45.2 Å². The summed E-state index contributed by atoms with van der Waals surface area (Å²) in [5.74, 6) is -0.124.